The number of para-hydroxylation sites is 1. The largest absolute Gasteiger partial charge is 0.504 e. The van der Waals surface area contributed by atoms with Crippen LogP contribution >= 0.6 is 0 Å². The molecule has 0 aliphatic carbocycles. The molecule has 0 fully saturated rings. The van der Waals surface area contributed by atoms with Crippen molar-refractivity contribution in [3.8, 4) is 23.0 Å². The summed E-state index contributed by atoms with van der Waals surface area (Å²) < 4.78 is 20.8. The number of carbonyl (C=O) groups excluding carboxylic acids is 1. The molecule has 0 saturated carbocycles. The average molecular weight is 384 g/mol. The first-order valence-electron chi connectivity index (χ1n) is 8.68. The lowest BCUT2D eigenvalue weighted by Gasteiger charge is -2.11. The fourth-order valence-electron chi connectivity index (χ4n) is 2.57. The smallest absolute Gasteiger partial charge is 0.330 e. The minimum absolute atomic E-state index is 0.0466. The van der Waals surface area contributed by atoms with Gasteiger partial charge < -0.3 is 24.1 Å². The van der Waals surface area contributed by atoms with Crippen LogP contribution in [-0.4, -0.2) is 39.0 Å². The Balaban J connectivity index is 2.47. The van der Waals surface area contributed by atoms with Crippen LogP contribution in [0.15, 0.2) is 36.4 Å². The van der Waals surface area contributed by atoms with Crippen LogP contribution in [-0.2, 0) is 9.53 Å². The lowest BCUT2D eigenvalue weighted by molar-refractivity contribution is -0.137. The number of rotatable bonds is 8. The number of carbonyl (C=O) groups is 1. The van der Waals surface area contributed by atoms with Crippen molar-refractivity contribution >= 4 is 24.2 Å². The molecule has 0 atom stereocenters. The molecular weight excluding hydrogens is 360 g/mol. The number of phenolic OH excluding ortho intramolecular Hbond substituents is 1. The van der Waals surface area contributed by atoms with E-state index in [1.54, 1.807) is 69.7 Å². The summed E-state index contributed by atoms with van der Waals surface area (Å²) in [6, 6.07) is 8.78. The molecule has 0 heterocycles. The third kappa shape index (κ3) is 5.07. The van der Waals surface area contributed by atoms with E-state index >= 15 is 0 Å². The highest BCUT2D eigenvalue weighted by Crippen LogP contribution is 2.34. The minimum atomic E-state index is -0.433. The monoisotopic (exact) mass is 384 g/mol. The van der Waals surface area contributed by atoms with Gasteiger partial charge in [0.2, 0.25) is 0 Å². The number of hydrogen-bond donors (Lipinski definition) is 1. The predicted octanol–water partition coefficient (Wildman–Crippen LogP) is 4.16. The summed E-state index contributed by atoms with van der Waals surface area (Å²) >= 11 is 0. The van der Waals surface area contributed by atoms with Gasteiger partial charge in [0.05, 0.1) is 27.9 Å². The minimum Gasteiger partial charge on any atom is -0.504 e. The first-order valence-corrected chi connectivity index (χ1v) is 8.68. The SMILES string of the molecule is CCOC(=O)/C=C/c1cc(OC)c(OC)cc1/C=C/c1cccc(OC)c1O. The number of phenols is 1. The predicted molar refractivity (Wildman–Crippen MR) is 109 cm³/mol. The highest BCUT2D eigenvalue weighted by molar-refractivity contribution is 5.89. The van der Waals surface area contributed by atoms with Crippen molar-refractivity contribution in [2.45, 2.75) is 6.92 Å². The summed E-state index contributed by atoms with van der Waals surface area (Å²) in [6.07, 6.45) is 6.55. The Kier molecular flexibility index (Phi) is 7.51. The molecule has 6 heteroatoms. The van der Waals surface area contributed by atoms with E-state index in [1.807, 2.05) is 0 Å². The van der Waals surface area contributed by atoms with Crippen LogP contribution in [0.25, 0.3) is 18.2 Å². The maximum absolute atomic E-state index is 11.7. The Morgan fingerprint density at radius 1 is 0.893 bits per heavy atom. The van der Waals surface area contributed by atoms with Gasteiger partial charge in [0.1, 0.15) is 0 Å². The second kappa shape index (κ2) is 10.1. The fourth-order valence-corrected chi connectivity index (χ4v) is 2.57. The van der Waals surface area contributed by atoms with E-state index in [1.165, 1.54) is 13.2 Å². The van der Waals surface area contributed by atoms with Crippen LogP contribution in [0.3, 0.4) is 0 Å². The maximum atomic E-state index is 11.7. The van der Waals surface area contributed by atoms with Gasteiger partial charge in [0, 0.05) is 11.6 Å². The summed E-state index contributed by atoms with van der Waals surface area (Å²) in [5.41, 5.74) is 2.08. The second-order valence-electron chi connectivity index (χ2n) is 5.65. The standard InChI is InChI=1S/C22H24O6/c1-5-28-21(23)12-11-17-14-20(27-4)19(26-3)13-16(17)10-9-15-7-6-8-18(25-2)22(15)24/h6-14,24H,5H2,1-4H3/b10-9+,12-11+. The van der Waals surface area contributed by atoms with Crippen LogP contribution in [0.4, 0.5) is 0 Å². The van der Waals surface area contributed by atoms with Crippen molar-refractivity contribution in [3.05, 3.63) is 53.1 Å². The van der Waals surface area contributed by atoms with E-state index in [4.69, 9.17) is 18.9 Å². The third-order valence-electron chi connectivity index (χ3n) is 3.97. The Bertz CT molecular complexity index is 883. The van der Waals surface area contributed by atoms with Crippen LogP contribution in [0, 0.1) is 0 Å². The first kappa shape index (κ1) is 20.9. The molecule has 0 aliphatic heterocycles. The molecule has 2 aromatic carbocycles. The lowest BCUT2D eigenvalue weighted by Crippen LogP contribution is -1.99. The van der Waals surface area contributed by atoms with Gasteiger partial charge in [0.25, 0.3) is 0 Å². The molecule has 0 bridgehead atoms. The fraction of sp³-hybridized carbons (Fsp3) is 0.227. The number of methoxy groups -OCH3 is 3. The second-order valence-corrected chi connectivity index (χ2v) is 5.65. The molecule has 0 spiro atoms. The van der Waals surface area contributed by atoms with Crippen LogP contribution in [0.5, 0.6) is 23.0 Å². The average Bonchev–Trinajstić information content (AvgIpc) is 2.71. The van der Waals surface area contributed by atoms with E-state index in [2.05, 4.69) is 0 Å². The zero-order valence-corrected chi connectivity index (χ0v) is 16.4. The summed E-state index contributed by atoms with van der Waals surface area (Å²) in [5, 5.41) is 10.3. The molecule has 6 nitrogen and oxygen atoms in total. The zero-order chi connectivity index (χ0) is 20.5. The summed E-state index contributed by atoms with van der Waals surface area (Å²) in [4.78, 5) is 11.7. The number of benzene rings is 2. The first-order chi connectivity index (χ1) is 13.5. The molecule has 0 aliphatic rings. The highest BCUT2D eigenvalue weighted by Gasteiger charge is 2.10. The molecule has 2 rings (SSSR count). The number of ether oxygens (including phenoxy) is 4. The topological polar surface area (TPSA) is 74.2 Å². The van der Waals surface area contributed by atoms with Crippen molar-refractivity contribution < 1.29 is 28.8 Å². The Morgan fingerprint density at radius 3 is 2.04 bits per heavy atom. The van der Waals surface area contributed by atoms with Gasteiger partial charge in [-0.3, -0.25) is 0 Å². The molecular formula is C22H24O6. The van der Waals surface area contributed by atoms with Gasteiger partial charge in [-0.05, 0) is 42.3 Å². The van der Waals surface area contributed by atoms with Gasteiger partial charge >= 0.3 is 5.97 Å². The highest BCUT2D eigenvalue weighted by atomic mass is 16.5. The van der Waals surface area contributed by atoms with E-state index in [9.17, 15) is 9.90 Å². The summed E-state index contributed by atoms with van der Waals surface area (Å²) in [6.45, 7) is 2.05. The summed E-state index contributed by atoms with van der Waals surface area (Å²) in [5.74, 6) is 1.08. The number of esters is 1. The molecule has 1 N–H and O–H groups in total. The normalized spacial score (nSPS) is 11.0. The molecule has 2 aromatic rings. The quantitative estimate of drug-likeness (QED) is 0.418. The van der Waals surface area contributed by atoms with Crippen molar-refractivity contribution in [1.82, 2.24) is 0 Å². The zero-order valence-electron chi connectivity index (χ0n) is 16.4. The van der Waals surface area contributed by atoms with Gasteiger partial charge in [-0.25, -0.2) is 4.79 Å². The molecule has 0 unspecified atom stereocenters. The summed E-state index contributed by atoms with van der Waals surface area (Å²) in [7, 11) is 4.59. The molecule has 28 heavy (non-hydrogen) atoms. The Morgan fingerprint density at radius 2 is 1.46 bits per heavy atom. The molecule has 0 aromatic heterocycles. The number of hydrogen-bond acceptors (Lipinski definition) is 6. The molecule has 0 saturated heterocycles. The van der Waals surface area contributed by atoms with E-state index < -0.39 is 5.97 Å². The Labute approximate surface area is 164 Å². The van der Waals surface area contributed by atoms with Crippen LogP contribution < -0.4 is 14.2 Å². The van der Waals surface area contributed by atoms with E-state index in [0.717, 1.165) is 11.1 Å². The van der Waals surface area contributed by atoms with E-state index in [0.29, 0.717) is 29.4 Å². The van der Waals surface area contributed by atoms with Crippen molar-refractivity contribution in [2.75, 3.05) is 27.9 Å². The third-order valence-corrected chi connectivity index (χ3v) is 3.97. The maximum Gasteiger partial charge on any atom is 0.330 e. The molecule has 0 radical (unpaired) electrons. The van der Waals surface area contributed by atoms with Crippen molar-refractivity contribution in [1.29, 1.82) is 0 Å². The number of aromatic hydroxyl groups is 1. The van der Waals surface area contributed by atoms with Gasteiger partial charge in [-0.1, -0.05) is 24.3 Å². The van der Waals surface area contributed by atoms with Gasteiger partial charge in [-0.15, -0.1) is 0 Å². The van der Waals surface area contributed by atoms with E-state index in [-0.39, 0.29) is 5.75 Å². The van der Waals surface area contributed by atoms with Crippen LogP contribution in [0.1, 0.15) is 23.6 Å². The van der Waals surface area contributed by atoms with Gasteiger partial charge in [-0.2, -0.15) is 0 Å². The van der Waals surface area contributed by atoms with Gasteiger partial charge in [0.15, 0.2) is 23.0 Å². The van der Waals surface area contributed by atoms with Crippen molar-refractivity contribution in [2.24, 2.45) is 0 Å². The molecule has 148 valence electrons. The Hall–Kier alpha value is -3.41. The lowest BCUT2D eigenvalue weighted by atomic mass is 10.0. The molecule has 0 amide bonds. The van der Waals surface area contributed by atoms with Crippen LogP contribution in [0.2, 0.25) is 0 Å². The van der Waals surface area contributed by atoms with Crippen molar-refractivity contribution in [3.63, 3.8) is 0 Å².